The predicted octanol–water partition coefficient (Wildman–Crippen LogP) is 9.21. The smallest absolute Gasteiger partial charge is 0.312 e. The molecule has 294 valence electrons. The molecule has 1 fully saturated rings. The Balaban J connectivity index is 3.90. The van der Waals surface area contributed by atoms with Gasteiger partial charge in [0.25, 0.3) is 0 Å². The highest BCUT2D eigenvalue weighted by molar-refractivity contribution is 7.49. The molecule has 0 radical (unpaired) electrons. The molecule has 2 N–H and O–H groups in total. The van der Waals surface area contributed by atoms with E-state index in [1.807, 2.05) is 0 Å². The molecule has 29 heteroatoms. The van der Waals surface area contributed by atoms with Crippen molar-refractivity contribution in [1.29, 1.82) is 0 Å². The minimum atomic E-state index is -8.32. The molecule has 0 aliphatic carbocycles. The minimum absolute atomic E-state index is 0.435. The first kappa shape index (κ1) is 45.5. The Bertz CT molecular complexity index is 1230. The fourth-order valence-electron chi connectivity index (χ4n) is 4.79. The third-order valence-electron chi connectivity index (χ3n) is 7.67. The zero-order valence-corrected chi connectivity index (χ0v) is 23.9. The standard InChI is InChI=1S/C20H18F24NO3P/c1-10(6-12(27,28)16(35,36)20(43,44)18(39,40)14(31,32)9(23)24)7(3-2-4-45(10)49(46,47)48)5-11(25,26)15(33,34)19(41,42)17(37,38)13(29,30)8(21)22/h7-9H,2-6H2,1H3,(H2,46,47,48). The van der Waals surface area contributed by atoms with E-state index in [1.165, 1.54) is 0 Å². The summed E-state index contributed by atoms with van der Waals surface area (Å²) in [6.45, 7) is -2.01. The van der Waals surface area contributed by atoms with Gasteiger partial charge in [0.2, 0.25) is 0 Å². The van der Waals surface area contributed by atoms with Gasteiger partial charge < -0.3 is 9.79 Å². The average molecular weight is 807 g/mol. The maximum absolute atomic E-state index is 14.8. The van der Waals surface area contributed by atoms with Crippen LogP contribution in [0.15, 0.2) is 0 Å². The van der Waals surface area contributed by atoms with Crippen molar-refractivity contribution in [1.82, 2.24) is 4.67 Å². The molecule has 1 saturated heterocycles. The number of nitrogens with zero attached hydrogens (tertiary/aromatic N) is 1. The SMILES string of the molecule is CC1(CC(F)(F)C(F)(F)C(F)(F)C(F)(F)C(F)(F)C(F)F)C(CC(F)(F)C(F)(F)C(F)(F)C(F)(F)C(F)(F)C(F)F)CCCN1P(=O)(O)O. The molecule has 2 atom stereocenters. The van der Waals surface area contributed by atoms with Crippen LogP contribution in [0.4, 0.5) is 105 Å². The van der Waals surface area contributed by atoms with Crippen molar-refractivity contribution < 1.29 is 120 Å². The van der Waals surface area contributed by atoms with Gasteiger partial charge in [0.15, 0.2) is 0 Å². The van der Waals surface area contributed by atoms with E-state index in [-0.39, 0.29) is 0 Å². The summed E-state index contributed by atoms with van der Waals surface area (Å²) in [5.41, 5.74) is -4.33. The Morgan fingerprint density at radius 2 is 0.939 bits per heavy atom. The Hall–Kier alpha value is -1.57. The summed E-state index contributed by atoms with van der Waals surface area (Å²) >= 11 is 0. The van der Waals surface area contributed by atoms with E-state index in [1.54, 1.807) is 0 Å². The molecule has 1 heterocycles. The molecule has 1 aliphatic heterocycles. The zero-order chi connectivity index (χ0) is 39.8. The molecule has 0 aromatic rings. The van der Waals surface area contributed by atoms with E-state index < -0.39 is 135 Å². The average Bonchev–Trinajstić information content (AvgIpc) is 2.87. The fourth-order valence-corrected chi connectivity index (χ4v) is 6.03. The molecule has 2 unspecified atom stereocenters. The molecular weight excluding hydrogens is 789 g/mol. The third kappa shape index (κ3) is 6.65. The van der Waals surface area contributed by atoms with Gasteiger partial charge in [-0.05, 0) is 25.7 Å². The fraction of sp³-hybridized carbons (Fsp3) is 1.00. The first-order chi connectivity index (χ1) is 21.0. The summed E-state index contributed by atoms with van der Waals surface area (Å²) in [6.07, 6.45) is -22.1. The summed E-state index contributed by atoms with van der Waals surface area (Å²) in [7, 11) is -6.53. The molecule has 0 saturated carbocycles. The largest absolute Gasteiger partial charge is 0.403 e. The van der Waals surface area contributed by atoms with Crippen molar-refractivity contribution >= 4 is 7.75 Å². The molecule has 4 nitrogen and oxygen atoms in total. The van der Waals surface area contributed by atoms with E-state index in [0.717, 1.165) is 0 Å². The first-order valence-corrected chi connectivity index (χ1v) is 13.8. The number of halogens is 24. The summed E-state index contributed by atoms with van der Waals surface area (Å²) in [4.78, 5) is 18.9. The van der Waals surface area contributed by atoms with Crippen LogP contribution in [0.3, 0.4) is 0 Å². The molecule has 0 spiro atoms. The second kappa shape index (κ2) is 12.5. The number of rotatable bonds is 15. The van der Waals surface area contributed by atoms with Crippen LogP contribution in [-0.4, -0.2) is 98.6 Å². The number of piperidine rings is 1. The van der Waals surface area contributed by atoms with Crippen molar-refractivity contribution in [3.05, 3.63) is 0 Å². The van der Waals surface area contributed by atoms with Crippen LogP contribution < -0.4 is 0 Å². The normalized spacial score (nSPS) is 22.8. The van der Waals surface area contributed by atoms with Crippen molar-refractivity contribution in [2.45, 2.75) is 110 Å². The van der Waals surface area contributed by atoms with Gasteiger partial charge in [-0.1, -0.05) is 0 Å². The summed E-state index contributed by atoms with van der Waals surface area (Å²) in [5.74, 6) is -82.0. The van der Waals surface area contributed by atoms with E-state index >= 15 is 0 Å². The van der Waals surface area contributed by atoms with Gasteiger partial charge in [-0.2, -0.15) is 87.8 Å². The van der Waals surface area contributed by atoms with Crippen LogP contribution in [0, 0.1) is 5.92 Å². The van der Waals surface area contributed by atoms with E-state index in [4.69, 9.17) is 0 Å². The lowest BCUT2D eigenvalue weighted by atomic mass is 9.70. The molecule has 0 aromatic heterocycles. The van der Waals surface area contributed by atoms with Crippen LogP contribution in [0.1, 0.15) is 32.6 Å². The first-order valence-electron chi connectivity index (χ1n) is 12.2. The molecule has 49 heavy (non-hydrogen) atoms. The Morgan fingerprint density at radius 3 is 1.24 bits per heavy atom. The van der Waals surface area contributed by atoms with Crippen LogP contribution in [0.25, 0.3) is 0 Å². The van der Waals surface area contributed by atoms with Gasteiger partial charge in [-0.3, -0.25) is 0 Å². The van der Waals surface area contributed by atoms with Crippen molar-refractivity contribution in [3.8, 4) is 0 Å². The second-order valence-corrected chi connectivity index (χ2v) is 12.4. The Labute approximate surface area is 256 Å². The number of hydrogen-bond acceptors (Lipinski definition) is 1. The van der Waals surface area contributed by atoms with Gasteiger partial charge in [-0.25, -0.2) is 26.8 Å². The minimum Gasteiger partial charge on any atom is -0.312 e. The molecule has 0 bridgehead atoms. The molecule has 1 rings (SSSR count). The van der Waals surface area contributed by atoms with Crippen molar-refractivity contribution in [2.75, 3.05) is 6.54 Å². The second-order valence-electron chi connectivity index (χ2n) is 10.9. The van der Waals surface area contributed by atoms with Crippen molar-refractivity contribution in [2.24, 2.45) is 5.92 Å². The Kier molecular flexibility index (Phi) is 11.6. The molecular formula is C20H18F24NO3P. The van der Waals surface area contributed by atoms with Crippen LogP contribution in [0.5, 0.6) is 0 Å². The maximum Gasteiger partial charge on any atom is 0.403 e. The quantitative estimate of drug-likeness (QED) is 0.128. The summed E-state index contributed by atoms with van der Waals surface area (Å²) in [5, 5.41) is 0. The lowest BCUT2D eigenvalue weighted by Crippen LogP contribution is -2.71. The third-order valence-corrected chi connectivity index (χ3v) is 8.96. The Morgan fingerprint density at radius 1 is 0.612 bits per heavy atom. The molecule has 0 amide bonds. The number of hydrogen-bond donors (Lipinski definition) is 2. The lowest BCUT2D eigenvalue weighted by Gasteiger charge is -2.52. The van der Waals surface area contributed by atoms with Gasteiger partial charge in [-0.15, -0.1) is 0 Å². The number of alkyl halides is 24. The summed E-state index contributed by atoms with van der Waals surface area (Å²) in [6, 6.07) is 0. The zero-order valence-electron chi connectivity index (χ0n) is 23.0. The van der Waals surface area contributed by atoms with Gasteiger partial charge in [0.05, 0.1) is 0 Å². The van der Waals surface area contributed by atoms with Crippen molar-refractivity contribution in [3.63, 3.8) is 0 Å². The van der Waals surface area contributed by atoms with Crippen LogP contribution in [-0.2, 0) is 4.57 Å². The van der Waals surface area contributed by atoms with Gasteiger partial charge >= 0.3 is 79.8 Å². The molecule has 0 aromatic carbocycles. The highest BCUT2D eigenvalue weighted by atomic mass is 31.2. The van der Waals surface area contributed by atoms with E-state index in [9.17, 15) is 120 Å². The van der Waals surface area contributed by atoms with E-state index in [0.29, 0.717) is 0 Å². The van der Waals surface area contributed by atoms with E-state index in [2.05, 4.69) is 0 Å². The van der Waals surface area contributed by atoms with Crippen LogP contribution >= 0.6 is 7.75 Å². The monoisotopic (exact) mass is 807 g/mol. The van der Waals surface area contributed by atoms with Gasteiger partial charge in [0.1, 0.15) is 0 Å². The maximum atomic E-state index is 14.8. The summed E-state index contributed by atoms with van der Waals surface area (Å²) < 4.78 is 339. The predicted molar refractivity (Wildman–Crippen MR) is 111 cm³/mol. The topological polar surface area (TPSA) is 60.8 Å². The highest BCUT2D eigenvalue weighted by Crippen LogP contribution is 2.64. The molecule has 1 aliphatic rings. The highest BCUT2D eigenvalue weighted by Gasteiger charge is 2.89. The van der Waals surface area contributed by atoms with Crippen LogP contribution in [0.2, 0.25) is 0 Å². The lowest BCUT2D eigenvalue weighted by molar-refractivity contribution is -0.417. The van der Waals surface area contributed by atoms with Gasteiger partial charge in [0, 0.05) is 24.9 Å².